The van der Waals surface area contributed by atoms with E-state index in [-0.39, 0.29) is 13.0 Å². The summed E-state index contributed by atoms with van der Waals surface area (Å²) >= 11 is 0. The first-order chi connectivity index (χ1) is 14.6. The van der Waals surface area contributed by atoms with Crippen LogP contribution in [0.1, 0.15) is 18.9 Å². The van der Waals surface area contributed by atoms with Crippen LogP contribution in [0.3, 0.4) is 0 Å². The molecule has 1 aromatic carbocycles. The lowest BCUT2D eigenvalue weighted by Gasteiger charge is -2.46. The predicted octanol–water partition coefficient (Wildman–Crippen LogP) is -1.85. The number of carboxylic acids is 1. The normalized spacial score (nSPS) is 27.7. The quantitative estimate of drug-likeness (QED) is 0.257. The van der Waals surface area contributed by atoms with Gasteiger partial charge in [-0.15, -0.1) is 0 Å². The average molecular weight is 440 g/mol. The highest BCUT2D eigenvalue weighted by Crippen LogP contribution is 2.32. The van der Waals surface area contributed by atoms with E-state index in [4.69, 9.17) is 9.47 Å². The van der Waals surface area contributed by atoms with Crippen molar-refractivity contribution in [2.75, 3.05) is 13.7 Å². The number of benzene rings is 1. The lowest BCUT2D eigenvalue weighted by molar-refractivity contribution is -0.303. The number of ether oxygens (including phenoxy) is 2. The topological polar surface area (TPSA) is 175 Å². The molecule has 2 amide bonds. The van der Waals surface area contributed by atoms with Gasteiger partial charge in [-0.2, -0.15) is 0 Å². The van der Waals surface area contributed by atoms with Crippen LogP contribution in [0.5, 0.6) is 0 Å². The number of methoxy groups -OCH3 is 1. The number of hydrogen-bond donors (Lipinski definition) is 6. The molecule has 0 spiro atoms. The second kappa shape index (κ2) is 10.6. The van der Waals surface area contributed by atoms with E-state index in [9.17, 15) is 34.8 Å². The minimum Gasteiger partial charge on any atom is -0.477 e. The van der Waals surface area contributed by atoms with E-state index >= 15 is 0 Å². The van der Waals surface area contributed by atoms with Crippen LogP contribution >= 0.6 is 0 Å². The fourth-order valence-corrected chi connectivity index (χ4v) is 3.42. The van der Waals surface area contributed by atoms with Crippen LogP contribution in [0.2, 0.25) is 0 Å². The molecule has 6 N–H and O–H groups in total. The lowest BCUT2D eigenvalue weighted by atomic mass is 9.88. The summed E-state index contributed by atoms with van der Waals surface area (Å²) in [7, 11) is 1.06. The van der Waals surface area contributed by atoms with Crippen molar-refractivity contribution in [3.05, 3.63) is 35.9 Å². The third-order valence-corrected chi connectivity index (χ3v) is 5.05. The number of amides is 2. The first-order valence-corrected chi connectivity index (χ1v) is 9.68. The summed E-state index contributed by atoms with van der Waals surface area (Å²) in [5.41, 5.74) is 0.755. The van der Waals surface area contributed by atoms with Gasteiger partial charge in [-0.1, -0.05) is 30.3 Å². The van der Waals surface area contributed by atoms with Crippen LogP contribution in [0.25, 0.3) is 0 Å². The zero-order valence-corrected chi connectivity index (χ0v) is 17.2. The van der Waals surface area contributed by atoms with Gasteiger partial charge >= 0.3 is 5.97 Å². The highest BCUT2D eigenvalue weighted by molar-refractivity contribution is 5.78. The molecular weight excluding hydrogens is 412 g/mol. The van der Waals surface area contributed by atoms with Gasteiger partial charge in [-0.05, 0) is 5.56 Å². The maximum absolute atomic E-state index is 12.1. The summed E-state index contributed by atoms with van der Waals surface area (Å²) in [4.78, 5) is 35.3. The Morgan fingerprint density at radius 3 is 2.45 bits per heavy atom. The fraction of sp³-hybridized carbons (Fsp3) is 0.550. The molecule has 6 atom stereocenters. The third kappa shape index (κ3) is 6.21. The largest absolute Gasteiger partial charge is 0.477 e. The van der Waals surface area contributed by atoms with Gasteiger partial charge in [-0.3, -0.25) is 9.59 Å². The van der Waals surface area contributed by atoms with Gasteiger partial charge in [0, 0.05) is 27.0 Å². The van der Waals surface area contributed by atoms with Gasteiger partial charge in [0.05, 0.1) is 24.7 Å². The summed E-state index contributed by atoms with van der Waals surface area (Å²) in [6.07, 6.45) is -6.80. The lowest BCUT2D eigenvalue weighted by Crippen LogP contribution is -2.68. The van der Waals surface area contributed by atoms with Crippen molar-refractivity contribution < 1.29 is 44.3 Å². The molecular formula is C20H28N2O9. The highest BCUT2D eigenvalue weighted by Gasteiger charge is 2.55. The molecule has 2 rings (SSSR count). The standard InChI is InChI=1S/C20H28N2O9/c1-11(23)22-16-13(24)9-20(30-2,19(28)29)31-18(16)17(27)14(25)10-21-15(26)8-12-6-4-3-5-7-12/h3-7,13-14,16-18,24-25,27H,8-10H2,1-2H3,(H,21,26)(H,22,23)(H,28,29)/t13-,14+,16+,17+,18+,20?/m0/s1. The number of aliphatic hydroxyl groups is 3. The van der Waals surface area contributed by atoms with Gasteiger partial charge in [-0.25, -0.2) is 4.79 Å². The number of rotatable bonds is 9. The van der Waals surface area contributed by atoms with Crippen LogP contribution in [0.4, 0.5) is 0 Å². The molecule has 0 aromatic heterocycles. The zero-order valence-electron chi connectivity index (χ0n) is 17.2. The van der Waals surface area contributed by atoms with Crippen molar-refractivity contribution in [2.24, 2.45) is 0 Å². The first-order valence-electron chi connectivity index (χ1n) is 9.68. The smallest absolute Gasteiger partial charge is 0.364 e. The number of hydrogen-bond acceptors (Lipinski definition) is 8. The highest BCUT2D eigenvalue weighted by atomic mass is 16.7. The average Bonchev–Trinajstić information content (AvgIpc) is 2.73. The Morgan fingerprint density at radius 2 is 1.90 bits per heavy atom. The molecule has 1 aliphatic rings. The molecule has 0 radical (unpaired) electrons. The van der Waals surface area contributed by atoms with Crippen molar-refractivity contribution in [2.45, 2.75) is 56.0 Å². The van der Waals surface area contributed by atoms with Gasteiger partial charge in [0.2, 0.25) is 11.8 Å². The van der Waals surface area contributed by atoms with Gasteiger partial charge in [0.15, 0.2) is 0 Å². The van der Waals surface area contributed by atoms with Crippen molar-refractivity contribution in [3.63, 3.8) is 0 Å². The number of aliphatic carboxylic acids is 1. The van der Waals surface area contributed by atoms with E-state index in [0.29, 0.717) is 0 Å². The molecule has 1 aliphatic heterocycles. The Bertz CT molecular complexity index is 775. The summed E-state index contributed by atoms with van der Waals surface area (Å²) < 4.78 is 10.4. The van der Waals surface area contributed by atoms with Crippen molar-refractivity contribution >= 4 is 17.8 Å². The van der Waals surface area contributed by atoms with Crippen LogP contribution in [-0.4, -0.2) is 88.1 Å². The monoisotopic (exact) mass is 440 g/mol. The van der Waals surface area contributed by atoms with Crippen LogP contribution in [-0.2, 0) is 30.3 Å². The summed E-state index contributed by atoms with van der Waals surface area (Å²) in [5, 5.41) is 45.8. The predicted molar refractivity (Wildman–Crippen MR) is 106 cm³/mol. The molecule has 1 aromatic rings. The Morgan fingerprint density at radius 1 is 1.26 bits per heavy atom. The molecule has 1 saturated heterocycles. The molecule has 172 valence electrons. The molecule has 1 heterocycles. The Hall–Kier alpha value is -2.57. The van der Waals surface area contributed by atoms with Crippen LogP contribution < -0.4 is 10.6 Å². The summed E-state index contributed by atoms with van der Waals surface area (Å²) in [6.45, 7) is 0.800. The van der Waals surface area contributed by atoms with E-state index in [1.165, 1.54) is 6.92 Å². The number of carbonyl (C=O) groups excluding carboxylic acids is 2. The maximum Gasteiger partial charge on any atom is 0.364 e. The van der Waals surface area contributed by atoms with E-state index in [1.54, 1.807) is 24.3 Å². The van der Waals surface area contributed by atoms with Gasteiger partial charge in [0.1, 0.15) is 12.2 Å². The van der Waals surface area contributed by atoms with Gasteiger partial charge in [0.25, 0.3) is 5.79 Å². The van der Waals surface area contributed by atoms with E-state index in [1.807, 2.05) is 6.07 Å². The fourth-order valence-electron chi connectivity index (χ4n) is 3.42. The molecule has 11 nitrogen and oxygen atoms in total. The second-order valence-electron chi connectivity index (χ2n) is 7.37. The number of carboxylic acid groups (broad SMARTS) is 1. The SMILES string of the molecule is COC1(C(=O)O)C[C@H](O)[C@@H](NC(C)=O)[C@H]([C@H](O)[C@H](O)CNC(=O)Cc2ccccc2)O1. The zero-order chi connectivity index (χ0) is 23.2. The Kier molecular flexibility index (Phi) is 8.48. The van der Waals surface area contributed by atoms with E-state index < -0.39 is 60.4 Å². The summed E-state index contributed by atoms with van der Waals surface area (Å²) in [6, 6.07) is 7.67. The number of nitrogens with one attached hydrogen (secondary N) is 2. The van der Waals surface area contributed by atoms with E-state index in [2.05, 4.69) is 10.6 Å². The van der Waals surface area contributed by atoms with Crippen molar-refractivity contribution in [3.8, 4) is 0 Å². The van der Waals surface area contributed by atoms with Crippen molar-refractivity contribution in [1.82, 2.24) is 10.6 Å². The second-order valence-corrected chi connectivity index (χ2v) is 7.37. The third-order valence-electron chi connectivity index (χ3n) is 5.05. The first kappa shape index (κ1) is 24.7. The molecule has 0 saturated carbocycles. The van der Waals surface area contributed by atoms with Gasteiger partial charge < -0.3 is 40.5 Å². The minimum atomic E-state index is -2.28. The molecule has 1 fully saturated rings. The minimum absolute atomic E-state index is 0.0581. The summed E-state index contributed by atoms with van der Waals surface area (Å²) in [5.74, 6) is -4.79. The number of aliphatic hydroxyl groups excluding tert-OH is 3. The Labute approximate surface area is 179 Å². The molecule has 0 bridgehead atoms. The maximum atomic E-state index is 12.1. The molecule has 0 aliphatic carbocycles. The number of carbonyl (C=O) groups is 3. The van der Waals surface area contributed by atoms with E-state index in [0.717, 1.165) is 12.7 Å². The molecule has 31 heavy (non-hydrogen) atoms. The Balaban J connectivity index is 2.09. The van der Waals surface area contributed by atoms with Crippen LogP contribution in [0.15, 0.2) is 30.3 Å². The van der Waals surface area contributed by atoms with Crippen molar-refractivity contribution in [1.29, 1.82) is 0 Å². The molecule has 11 heteroatoms. The molecule has 1 unspecified atom stereocenters. The van der Waals surface area contributed by atoms with Crippen LogP contribution in [0, 0.1) is 0 Å².